The maximum absolute atomic E-state index is 13.6. The van der Waals surface area contributed by atoms with Crippen LogP contribution in [0, 0.1) is 20.8 Å². The second-order valence-corrected chi connectivity index (χ2v) is 26.7. The first-order valence-corrected chi connectivity index (χ1v) is 32.8. The van der Waals surface area contributed by atoms with Crippen molar-refractivity contribution in [3.05, 3.63) is 178 Å². The third-order valence-corrected chi connectivity index (χ3v) is 15.1. The van der Waals surface area contributed by atoms with Gasteiger partial charge in [0, 0.05) is 43.3 Å². The number of ether oxygens (including phenoxy) is 6. The van der Waals surface area contributed by atoms with Crippen molar-refractivity contribution in [2.75, 3.05) is 26.2 Å². The second kappa shape index (κ2) is 36.2. The summed E-state index contributed by atoms with van der Waals surface area (Å²) in [5.41, 5.74) is 4.93. The number of aliphatic hydroxyl groups is 1. The van der Waals surface area contributed by atoms with Crippen LogP contribution in [0.4, 0.5) is 14.4 Å². The number of carbonyl (C=O) groups excluding carboxylic acids is 5. The van der Waals surface area contributed by atoms with Crippen LogP contribution in [0.3, 0.4) is 0 Å². The van der Waals surface area contributed by atoms with Gasteiger partial charge in [-0.2, -0.15) is 0 Å². The van der Waals surface area contributed by atoms with E-state index in [2.05, 4.69) is 15.0 Å². The number of benzene rings is 3. The number of ketones is 1. The zero-order valence-corrected chi connectivity index (χ0v) is 57.0. The summed E-state index contributed by atoms with van der Waals surface area (Å²) in [6, 6.07) is 39.4. The van der Waals surface area contributed by atoms with Crippen molar-refractivity contribution in [2.45, 2.75) is 215 Å². The number of aliphatic hydroxyl groups excluding tert-OH is 1. The molecule has 3 amide bonds. The molecule has 1 N–H and O–H groups in total. The lowest BCUT2D eigenvalue weighted by Gasteiger charge is -2.35. The largest absolute Gasteiger partial charge is 0.487 e. The van der Waals surface area contributed by atoms with E-state index in [1.165, 1.54) is 12.8 Å². The topological polar surface area (TPSA) is 209 Å². The molecule has 0 aliphatic carbocycles. The first kappa shape index (κ1) is 73.7. The highest BCUT2D eigenvalue weighted by Crippen LogP contribution is 2.34. The van der Waals surface area contributed by atoms with Crippen molar-refractivity contribution < 1.29 is 57.5 Å². The third-order valence-electron chi connectivity index (χ3n) is 15.1. The Morgan fingerprint density at radius 2 is 0.871 bits per heavy atom. The van der Waals surface area contributed by atoms with E-state index in [-0.39, 0.29) is 23.2 Å². The van der Waals surface area contributed by atoms with Crippen LogP contribution >= 0.6 is 0 Å². The lowest BCUT2D eigenvalue weighted by molar-refractivity contribution is -0.00729. The van der Waals surface area contributed by atoms with Crippen LogP contribution in [0.5, 0.6) is 17.2 Å². The molecule has 18 nitrogen and oxygen atoms in total. The van der Waals surface area contributed by atoms with Gasteiger partial charge in [0.2, 0.25) is 5.78 Å². The Hall–Kier alpha value is -8.38. The van der Waals surface area contributed by atoms with E-state index in [0.29, 0.717) is 80.7 Å². The van der Waals surface area contributed by atoms with E-state index in [9.17, 15) is 29.1 Å². The second-order valence-electron chi connectivity index (χ2n) is 26.7. The summed E-state index contributed by atoms with van der Waals surface area (Å²) in [5, 5.41) is 11.4. The molecule has 0 spiro atoms. The third kappa shape index (κ3) is 25.6. The van der Waals surface area contributed by atoms with Crippen molar-refractivity contribution >= 4 is 30.3 Å². The Morgan fingerprint density at radius 1 is 0.473 bits per heavy atom. The quantitative estimate of drug-likeness (QED) is 0.0611. The molecule has 0 saturated carbocycles. The smallest absolute Gasteiger partial charge is 0.410 e. The maximum Gasteiger partial charge on any atom is 0.410 e. The van der Waals surface area contributed by atoms with Gasteiger partial charge in [-0.1, -0.05) is 130 Å². The molecular weight excluding hydrogens is 1180 g/mol. The molecule has 6 aromatic rings. The molecule has 3 aromatic carbocycles. The fraction of sp³-hybridized carbons (Fsp3) is 0.493. The Bertz CT molecular complexity index is 3280. The van der Waals surface area contributed by atoms with Crippen molar-refractivity contribution in [1.82, 2.24) is 29.7 Å². The molecule has 6 heterocycles. The van der Waals surface area contributed by atoms with Crippen LogP contribution < -0.4 is 14.2 Å². The fourth-order valence-electron chi connectivity index (χ4n) is 10.6. The first-order valence-electron chi connectivity index (χ1n) is 32.8. The van der Waals surface area contributed by atoms with Crippen LogP contribution in [0.1, 0.15) is 206 Å². The van der Waals surface area contributed by atoms with Gasteiger partial charge in [0.15, 0.2) is 12.0 Å². The minimum absolute atomic E-state index is 0.153. The number of likely N-dealkylation sites (tertiary alicyclic amines) is 3. The summed E-state index contributed by atoms with van der Waals surface area (Å²) in [6.07, 6.45) is 10.3. The van der Waals surface area contributed by atoms with Crippen LogP contribution in [0.15, 0.2) is 127 Å². The SMILES string of the molecule is CC(C)(C)OC(=O)N1CCCCCC1.Cc1ccc(OCc2ccccc2)c(C(=O)C2CCCCCN2C(=O)OC(C)(C)C)n1.Cc1ccc(OCc2ccccc2)c(C(O)C2CCCCCN2C(=O)OC(C)(C)C)n1.Cc1ccc(OCc2ccccc2)c(C=O)n1. The molecule has 3 aromatic heterocycles. The summed E-state index contributed by atoms with van der Waals surface area (Å²) >= 11 is 0. The molecule has 9 rings (SSSR count). The highest BCUT2D eigenvalue weighted by atomic mass is 16.6. The predicted octanol–water partition coefficient (Wildman–Crippen LogP) is 16.1. The van der Waals surface area contributed by atoms with E-state index in [4.69, 9.17) is 28.4 Å². The molecule has 18 heteroatoms. The molecule has 502 valence electrons. The number of aromatic nitrogens is 3. The number of amides is 3. The zero-order valence-electron chi connectivity index (χ0n) is 57.0. The van der Waals surface area contributed by atoms with Crippen LogP contribution in [-0.2, 0) is 34.0 Å². The van der Waals surface area contributed by atoms with Crippen molar-refractivity contribution in [1.29, 1.82) is 0 Å². The van der Waals surface area contributed by atoms with Gasteiger partial charge in [0.25, 0.3) is 0 Å². The van der Waals surface area contributed by atoms with E-state index >= 15 is 0 Å². The van der Waals surface area contributed by atoms with Gasteiger partial charge in [-0.15, -0.1) is 0 Å². The summed E-state index contributed by atoms with van der Waals surface area (Å²) in [6.45, 7) is 26.3. The number of hydrogen-bond acceptors (Lipinski definition) is 15. The molecule has 3 atom stereocenters. The summed E-state index contributed by atoms with van der Waals surface area (Å²) < 4.78 is 34.1. The number of Topliss-reactive ketones (excluding diaryl/α,β-unsaturated/α-hetero) is 1. The number of hydrogen-bond donors (Lipinski definition) is 1. The fourth-order valence-corrected chi connectivity index (χ4v) is 10.6. The van der Waals surface area contributed by atoms with Crippen LogP contribution in [-0.4, -0.2) is 120 Å². The normalized spacial score (nSPS) is 16.4. The zero-order chi connectivity index (χ0) is 67.6. The Morgan fingerprint density at radius 3 is 1.38 bits per heavy atom. The minimum Gasteiger partial charge on any atom is -0.487 e. The monoisotopic (exact) mass is 1280 g/mol. The molecule has 3 saturated heterocycles. The molecule has 93 heavy (non-hydrogen) atoms. The summed E-state index contributed by atoms with van der Waals surface area (Å²) in [5.74, 6) is 1.30. The average molecular weight is 1280 g/mol. The van der Waals surface area contributed by atoms with E-state index in [1.807, 2.05) is 203 Å². The highest BCUT2D eigenvalue weighted by molar-refractivity contribution is 6.02. The number of aldehydes is 1. The Labute approximate surface area is 551 Å². The maximum atomic E-state index is 13.6. The molecule has 0 radical (unpaired) electrons. The van der Waals surface area contributed by atoms with Gasteiger partial charge < -0.3 is 43.3 Å². The van der Waals surface area contributed by atoms with E-state index < -0.39 is 41.6 Å². The van der Waals surface area contributed by atoms with Crippen molar-refractivity contribution in [3.63, 3.8) is 0 Å². The molecule has 3 fully saturated rings. The van der Waals surface area contributed by atoms with Gasteiger partial charge in [-0.05, 0) is 175 Å². The molecule has 3 unspecified atom stereocenters. The van der Waals surface area contributed by atoms with Crippen LogP contribution in [0.25, 0.3) is 0 Å². The molecular formula is C75H100N6O12. The van der Waals surface area contributed by atoms with Crippen molar-refractivity contribution in [3.8, 4) is 17.2 Å². The van der Waals surface area contributed by atoms with Crippen molar-refractivity contribution in [2.24, 2.45) is 0 Å². The lowest BCUT2D eigenvalue weighted by Crippen LogP contribution is -2.47. The molecule has 3 aliphatic rings. The summed E-state index contributed by atoms with van der Waals surface area (Å²) in [7, 11) is 0. The number of rotatable bonds is 14. The van der Waals surface area contributed by atoms with Gasteiger partial charge >= 0.3 is 18.3 Å². The number of aryl methyl sites for hydroxylation is 3. The van der Waals surface area contributed by atoms with Gasteiger partial charge in [0.05, 0.1) is 6.04 Å². The van der Waals surface area contributed by atoms with Gasteiger partial charge in [-0.3, -0.25) is 19.5 Å². The number of pyridine rings is 3. The lowest BCUT2D eigenvalue weighted by atomic mass is 10.00. The summed E-state index contributed by atoms with van der Waals surface area (Å²) in [4.78, 5) is 80.2. The standard InChI is InChI=1S/C25H34N2O4.C25H32N2O4.C14H13NO2.C11H21NO2/c2*1-18-14-15-21(30-17-19-11-7-5-8-12-19)22(26-18)23(28)20-13-9-6-10-16-27(20)24(29)31-25(2,3)4;1-11-7-8-14(13(9-16)15-11)17-10-12-5-3-2-4-6-12;1-11(2,3)14-10(13)12-8-6-4-5-7-9-12/h5,7-8,11-12,14-15,20,23,28H,6,9-10,13,16-17H2,1-4H3;5,7-8,11-12,14-15,20H,6,9-10,13,16-17H2,1-4H3;2-9H,10H2,1H3;4-9H2,1-3H3. The predicted molar refractivity (Wildman–Crippen MR) is 361 cm³/mol. The molecule has 3 aliphatic heterocycles. The Kier molecular flexibility index (Phi) is 28.7. The Balaban J connectivity index is 0.000000207. The molecule has 0 bridgehead atoms. The van der Waals surface area contributed by atoms with Crippen LogP contribution in [0.2, 0.25) is 0 Å². The number of nitrogens with zero attached hydrogens (tertiary/aromatic N) is 6. The van der Waals surface area contributed by atoms with Gasteiger partial charge in [0.1, 0.15) is 77.4 Å². The first-order chi connectivity index (χ1) is 44.3. The minimum atomic E-state index is -0.962. The van der Waals surface area contributed by atoms with Gasteiger partial charge in [-0.25, -0.2) is 24.4 Å². The van der Waals surface area contributed by atoms with E-state index in [1.54, 1.807) is 21.9 Å². The average Bonchev–Trinajstić information content (AvgIpc) is 1.71. The van der Waals surface area contributed by atoms with E-state index in [0.717, 1.165) is 98.2 Å². The number of carbonyl (C=O) groups is 5. The highest BCUT2D eigenvalue weighted by Gasteiger charge is 2.38.